The van der Waals surface area contributed by atoms with Crippen LogP contribution in [0.2, 0.25) is 0 Å². The van der Waals surface area contributed by atoms with Crippen molar-refractivity contribution in [2.75, 3.05) is 13.1 Å². The topological polar surface area (TPSA) is 28.2 Å². The Labute approximate surface area is 132 Å². The molecule has 0 amide bonds. The molecule has 3 nitrogen and oxygen atoms in total. The summed E-state index contributed by atoms with van der Waals surface area (Å²) in [6.45, 7) is 7.03. The van der Waals surface area contributed by atoms with E-state index < -0.39 is 0 Å². The summed E-state index contributed by atoms with van der Waals surface area (Å²) in [5, 5.41) is 5.44. The molecule has 0 spiro atoms. The van der Waals surface area contributed by atoms with Gasteiger partial charge >= 0.3 is 0 Å². The van der Waals surface area contributed by atoms with Gasteiger partial charge in [-0.15, -0.1) is 11.3 Å². The van der Waals surface area contributed by atoms with Crippen LogP contribution in [0.15, 0.2) is 0 Å². The van der Waals surface area contributed by atoms with E-state index in [0.717, 1.165) is 12.5 Å². The Kier molecular flexibility index (Phi) is 3.59. The lowest BCUT2D eigenvalue weighted by molar-refractivity contribution is 0.135. The molecule has 1 aliphatic carbocycles. The molecule has 3 fully saturated rings. The maximum absolute atomic E-state index is 5.08. The number of aromatic nitrogens is 1. The van der Waals surface area contributed by atoms with E-state index in [1.54, 1.807) is 0 Å². The molecule has 2 unspecified atom stereocenters. The van der Waals surface area contributed by atoms with E-state index in [1.807, 2.05) is 11.3 Å². The highest BCUT2D eigenvalue weighted by atomic mass is 32.1. The summed E-state index contributed by atoms with van der Waals surface area (Å²) in [7, 11) is 0. The van der Waals surface area contributed by atoms with Crippen LogP contribution in [0, 0.1) is 6.92 Å². The third kappa shape index (κ3) is 2.36. The van der Waals surface area contributed by atoms with Gasteiger partial charge in [-0.05, 0) is 52.0 Å². The predicted octanol–water partition coefficient (Wildman–Crippen LogP) is 3.22. The van der Waals surface area contributed by atoms with E-state index >= 15 is 0 Å². The molecular formula is C17H27N3S. The minimum atomic E-state index is 0.157. The lowest BCUT2D eigenvalue weighted by Gasteiger charge is -2.40. The number of fused-ring (bicyclic) bond motifs is 1. The molecule has 21 heavy (non-hydrogen) atoms. The third-order valence-corrected chi connectivity index (χ3v) is 6.81. The number of nitrogens with zero attached hydrogens (tertiary/aromatic N) is 2. The van der Waals surface area contributed by atoms with Gasteiger partial charge in [-0.1, -0.05) is 13.3 Å². The highest BCUT2D eigenvalue weighted by molar-refractivity contribution is 7.11. The summed E-state index contributed by atoms with van der Waals surface area (Å²) in [5.74, 6) is 0. The second-order valence-corrected chi connectivity index (χ2v) is 8.27. The van der Waals surface area contributed by atoms with E-state index in [4.69, 9.17) is 4.98 Å². The van der Waals surface area contributed by atoms with Crippen LogP contribution in [-0.2, 0) is 12.0 Å². The van der Waals surface area contributed by atoms with E-state index in [-0.39, 0.29) is 5.54 Å². The molecule has 0 bridgehead atoms. The molecule has 4 heteroatoms. The molecular weight excluding hydrogens is 278 g/mol. The zero-order valence-electron chi connectivity index (χ0n) is 13.3. The van der Waals surface area contributed by atoms with Crippen LogP contribution in [0.25, 0.3) is 0 Å². The highest BCUT2D eigenvalue weighted by Gasteiger charge is 2.52. The average Bonchev–Trinajstić information content (AvgIpc) is 3.12. The van der Waals surface area contributed by atoms with Gasteiger partial charge < -0.3 is 5.32 Å². The Morgan fingerprint density at radius 3 is 2.86 bits per heavy atom. The molecule has 4 rings (SSSR count). The van der Waals surface area contributed by atoms with Crippen molar-refractivity contribution in [1.82, 2.24) is 15.2 Å². The summed E-state index contributed by atoms with van der Waals surface area (Å²) in [4.78, 5) is 9.25. The van der Waals surface area contributed by atoms with Crippen molar-refractivity contribution in [1.29, 1.82) is 0 Å². The summed E-state index contributed by atoms with van der Waals surface area (Å²) >= 11 is 1.96. The van der Waals surface area contributed by atoms with Gasteiger partial charge in [0.1, 0.15) is 5.01 Å². The lowest BCUT2D eigenvalue weighted by Crippen LogP contribution is -2.54. The SMILES string of the molecule is CCc1nc(C2(NC3CC3)CCN3CCCCC32)sc1C. The van der Waals surface area contributed by atoms with Crippen molar-refractivity contribution in [3.05, 3.63) is 15.6 Å². The first kappa shape index (κ1) is 14.2. The maximum Gasteiger partial charge on any atom is 0.115 e. The Bertz CT molecular complexity index is 522. The number of rotatable bonds is 4. The number of nitrogens with one attached hydrogen (secondary N) is 1. The minimum absolute atomic E-state index is 0.157. The molecule has 3 heterocycles. The largest absolute Gasteiger partial charge is 0.301 e. The molecule has 116 valence electrons. The number of aryl methyl sites for hydroxylation is 2. The van der Waals surface area contributed by atoms with Crippen LogP contribution >= 0.6 is 11.3 Å². The van der Waals surface area contributed by atoms with Crippen LogP contribution < -0.4 is 5.32 Å². The fraction of sp³-hybridized carbons (Fsp3) is 0.824. The summed E-state index contributed by atoms with van der Waals surface area (Å²) in [6.07, 6.45) is 9.16. The zero-order chi connectivity index (χ0) is 14.4. The quantitative estimate of drug-likeness (QED) is 0.926. The third-order valence-electron chi connectivity index (χ3n) is 5.62. The fourth-order valence-corrected chi connectivity index (χ4v) is 5.55. The first-order valence-corrected chi connectivity index (χ1v) is 9.53. The monoisotopic (exact) mass is 305 g/mol. The number of hydrogen-bond acceptors (Lipinski definition) is 4. The minimum Gasteiger partial charge on any atom is -0.301 e. The highest BCUT2D eigenvalue weighted by Crippen LogP contribution is 2.45. The number of hydrogen-bond donors (Lipinski definition) is 1. The van der Waals surface area contributed by atoms with E-state index in [1.165, 1.54) is 67.2 Å². The summed E-state index contributed by atoms with van der Waals surface area (Å²) < 4.78 is 0. The van der Waals surface area contributed by atoms with Gasteiger partial charge in [-0.2, -0.15) is 0 Å². The first-order chi connectivity index (χ1) is 10.2. The molecule has 2 aliphatic heterocycles. The molecule has 3 aliphatic rings. The van der Waals surface area contributed by atoms with Gasteiger partial charge in [0.05, 0.1) is 11.2 Å². The van der Waals surface area contributed by atoms with E-state index in [9.17, 15) is 0 Å². The Hall–Kier alpha value is -0.450. The van der Waals surface area contributed by atoms with Crippen LogP contribution in [-0.4, -0.2) is 35.1 Å². The molecule has 1 aromatic heterocycles. The van der Waals surface area contributed by atoms with Gasteiger partial charge in [0.25, 0.3) is 0 Å². The van der Waals surface area contributed by atoms with Crippen molar-refractivity contribution in [3.8, 4) is 0 Å². The van der Waals surface area contributed by atoms with Crippen LogP contribution in [0.4, 0.5) is 0 Å². The first-order valence-electron chi connectivity index (χ1n) is 8.71. The molecule has 2 saturated heterocycles. The van der Waals surface area contributed by atoms with Gasteiger partial charge in [0.2, 0.25) is 0 Å². The average molecular weight is 305 g/mol. The number of thiazole rings is 1. The smallest absolute Gasteiger partial charge is 0.115 e. The maximum atomic E-state index is 5.08. The summed E-state index contributed by atoms with van der Waals surface area (Å²) in [5.41, 5.74) is 1.48. The van der Waals surface area contributed by atoms with Gasteiger partial charge in [-0.3, -0.25) is 4.90 Å². The summed E-state index contributed by atoms with van der Waals surface area (Å²) in [6, 6.07) is 1.43. The van der Waals surface area contributed by atoms with Crippen LogP contribution in [0.1, 0.15) is 61.0 Å². The van der Waals surface area contributed by atoms with Crippen molar-refractivity contribution < 1.29 is 0 Å². The zero-order valence-corrected chi connectivity index (χ0v) is 14.1. The molecule has 1 aromatic rings. The van der Waals surface area contributed by atoms with Crippen molar-refractivity contribution in [3.63, 3.8) is 0 Å². The van der Waals surface area contributed by atoms with Crippen LogP contribution in [0.5, 0.6) is 0 Å². The number of piperidine rings is 1. The predicted molar refractivity (Wildman–Crippen MR) is 87.9 cm³/mol. The van der Waals surface area contributed by atoms with Gasteiger partial charge in [0.15, 0.2) is 0 Å². The van der Waals surface area contributed by atoms with Crippen LogP contribution in [0.3, 0.4) is 0 Å². The Balaban J connectivity index is 1.72. The van der Waals surface area contributed by atoms with E-state index in [2.05, 4.69) is 24.1 Å². The normalized spacial score (nSPS) is 33.3. The molecule has 0 radical (unpaired) electrons. The van der Waals surface area contributed by atoms with Crippen molar-refractivity contribution in [2.24, 2.45) is 0 Å². The van der Waals surface area contributed by atoms with Gasteiger partial charge in [0, 0.05) is 23.5 Å². The van der Waals surface area contributed by atoms with E-state index in [0.29, 0.717) is 6.04 Å². The molecule has 1 N–H and O–H groups in total. The Morgan fingerprint density at radius 2 is 2.14 bits per heavy atom. The second kappa shape index (κ2) is 5.32. The molecule has 0 aromatic carbocycles. The standard InChI is InChI=1S/C17H27N3S/c1-3-14-12(2)21-16(18-14)17(19-13-7-8-13)9-11-20-10-5-4-6-15(17)20/h13,15,19H,3-11H2,1-2H3. The lowest BCUT2D eigenvalue weighted by atomic mass is 9.85. The van der Waals surface area contributed by atoms with Crippen molar-refractivity contribution >= 4 is 11.3 Å². The Morgan fingerprint density at radius 1 is 1.29 bits per heavy atom. The second-order valence-electron chi connectivity index (χ2n) is 7.06. The van der Waals surface area contributed by atoms with Gasteiger partial charge in [-0.25, -0.2) is 4.98 Å². The molecule has 2 atom stereocenters. The fourth-order valence-electron chi connectivity index (χ4n) is 4.32. The van der Waals surface area contributed by atoms with Crippen molar-refractivity contribution in [2.45, 2.75) is 76.4 Å². The molecule has 1 saturated carbocycles.